The van der Waals surface area contributed by atoms with Gasteiger partial charge in [-0.2, -0.15) is 0 Å². The molecule has 0 atom stereocenters. The summed E-state index contributed by atoms with van der Waals surface area (Å²) < 4.78 is 0.746. The van der Waals surface area contributed by atoms with Crippen LogP contribution in [-0.4, -0.2) is 26.5 Å². The number of nitro groups is 1. The van der Waals surface area contributed by atoms with Crippen molar-refractivity contribution in [2.45, 2.75) is 32.2 Å². The number of anilines is 1. The zero-order chi connectivity index (χ0) is 15.6. The number of nitro benzene ring substituents is 1. The molecule has 0 aliphatic heterocycles. The Balaban J connectivity index is 2.35. The van der Waals surface area contributed by atoms with E-state index in [0.717, 1.165) is 4.70 Å². The second-order valence-electron chi connectivity index (χ2n) is 5.32. The summed E-state index contributed by atoms with van der Waals surface area (Å²) in [5, 5.41) is 23.1. The zero-order valence-corrected chi connectivity index (χ0v) is 12.4. The molecule has 2 aromatic rings. The van der Waals surface area contributed by atoms with Gasteiger partial charge in [-0.05, 0) is 32.4 Å². The van der Waals surface area contributed by atoms with Crippen LogP contribution in [0.2, 0.25) is 0 Å². The third-order valence-electron chi connectivity index (χ3n) is 3.10. The number of hydrogen-bond acceptors (Lipinski definition) is 6. The smallest absolute Gasteiger partial charge is 0.319 e. The van der Waals surface area contributed by atoms with Gasteiger partial charge >= 0.3 is 11.7 Å². The molecule has 0 bridgehead atoms. The van der Waals surface area contributed by atoms with Gasteiger partial charge in [0.25, 0.3) is 0 Å². The van der Waals surface area contributed by atoms with Crippen LogP contribution in [0.1, 0.15) is 26.7 Å². The highest BCUT2D eigenvalue weighted by Gasteiger charge is 2.26. The molecule has 2 rings (SSSR count). The lowest BCUT2D eigenvalue weighted by Gasteiger charge is -2.26. The van der Waals surface area contributed by atoms with Crippen LogP contribution in [0.25, 0.3) is 10.2 Å². The summed E-state index contributed by atoms with van der Waals surface area (Å²) in [6, 6.07) is 3.41. The number of nitrogens with zero attached hydrogens (tertiary/aromatic N) is 2. The highest BCUT2D eigenvalue weighted by Crippen LogP contribution is 2.36. The van der Waals surface area contributed by atoms with Crippen molar-refractivity contribution in [3.8, 4) is 0 Å². The lowest BCUT2D eigenvalue weighted by molar-refractivity contribution is -0.382. The Hall–Kier alpha value is -2.22. The molecule has 0 unspecified atom stereocenters. The van der Waals surface area contributed by atoms with Crippen LogP contribution >= 0.6 is 11.3 Å². The summed E-state index contributed by atoms with van der Waals surface area (Å²) in [6.45, 7) is 3.62. The summed E-state index contributed by atoms with van der Waals surface area (Å²) >= 11 is 1.34. The van der Waals surface area contributed by atoms with Crippen molar-refractivity contribution >= 4 is 38.9 Å². The molecule has 0 amide bonds. The molecule has 0 saturated heterocycles. The fourth-order valence-electron chi connectivity index (χ4n) is 2.05. The number of rotatable bonds is 6. The van der Waals surface area contributed by atoms with E-state index >= 15 is 0 Å². The van der Waals surface area contributed by atoms with Crippen molar-refractivity contribution in [2.75, 3.05) is 5.32 Å². The van der Waals surface area contributed by atoms with E-state index < -0.39 is 16.4 Å². The molecule has 7 nitrogen and oxygen atoms in total. The van der Waals surface area contributed by atoms with Crippen molar-refractivity contribution in [2.24, 2.45) is 0 Å². The first-order chi connectivity index (χ1) is 9.80. The number of hydrogen-bond donors (Lipinski definition) is 2. The van der Waals surface area contributed by atoms with Gasteiger partial charge in [0, 0.05) is 12.0 Å². The van der Waals surface area contributed by atoms with Crippen LogP contribution in [0.3, 0.4) is 0 Å². The number of benzene rings is 1. The highest BCUT2D eigenvalue weighted by atomic mass is 32.1. The minimum Gasteiger partial charge on any atom is -0.481 e. The molecule has 112 valence electrons. The molecular formula is C13H15N3O4S. The molecule has 1 aromatic carbocycles. The van der Waals surface area contributed by atoms with Crippen molar-refractivity contribution in [1.82, 2.24) is 4.98 Å². The molecule has 0 aliphatic rings. The van der Waals surface area contributed by atoms with E-state index in [1.807, 2.05) is 13.8 Å². The van der Waals surface area contributed by atoms with Crippen molar-refractivity contribution in [1.29, 1.82) is 0 Å². The van der Waals surface area contributed by atoms with E-state index in [-0.39, 0.29) is 12.1 Å². The average Bonchev–Trinajstić information content (AvgIpc) is 2.83. The molecule has 0 radical (unpaired) electrons. The normalized spacial score (nSPS) is 11.5. The van der Waals surface area contributed by atoms with Crippen LogP contribution in [-0.2, 0) is 4.79 Å². The van der Waals surface area contributed by atoms with Crippen molar-refractivity contribution in [3.05, 3.63) is 27.8 Å². The maximum Gasteiger partial charge on any atom is 0.319 e. The second-order valence-corrected chi connectivity index (χ2v) is 6.21. The van der Waals surface area contributed by atoms with Gasteiger partial charge in [0.15, 0.2) is 5.52 Å². The zero-order valence-electron chi connectivity index (χ0n) is 11.6. The van der Waals surface area contributed by atoms with Gasteiger partial charge in [0.2, 0.25) is 0 Å². The lowest BCUT2D eigenvalue weighted by Crippen LogP contribution is -2.31. The Labute approximate surface area is 124 Å². The van der Waals surface area contributed by atoms with E-state index in [4.69, 9.17) is 5.11 Å². The predicted octanol–water partition coefficient (Wildman–Crippen LogP) is 3.26. The summed E-state index contributed by atoms with van der Waals surface area (Å²) in [5.74, 6) is -0.894. The fraction of sp³-hybridized carbons (Fsp3) is 0.385. The number of carboxylic acid groups (broad SMARTS) is 1. The maximum absolute atomic E-state index is 11.3. The van der Waals surface area contributed by atoms with E-state index in [2.05, 4.69) is 10.3 Å². The molecular weight excluding hydrogens is 294 g/mol. The lowest BCUT2D eigenvalue weighted by atomic mass is 9.97. The first-order valence-electron chi connectivity index (χ1n) is 6.31. The van der Waals surface area contributed by atoms with Crippen molar-refractivity contribution < 1.29 is 14.8 Å². The predicted molar refractivity (Wildman–Crippen MR) is 80.8 cm³/mol. The monoisotopic (exact) mass is 309 g/mol. The topological polar surface area (TPSA) is 105 Å². The Morgan fingerprint density at radius 1 is 1.52 bits per heavy atom. The van der Waals surface area contributed by atoms with Crippen LogP contribution in [0.15, 0.2) is 17.6 Å². The Bertz CT molecular complexity index is 696. The van der Waals surface area contributed by atoms with Gasteiger partial charge in [-0.1, -0.05) is 0 Å². The first-order valence-corrected chi connectivity index (χ1v) is 7.19. The minimum absolute atomic E-state index is 0.00720. The van der Waals surface area contributed by atoms with Gasteiger partial charge in [-0.15, -0.1) is 11.3 Å². The third kappa shape index (κ3) is 3.46. The molecule has 1 aromatic heterocycles. The second kappa shape index (κ2) is 5.65. The SMILES string of the molecule is CC(C)(CCC(=O)O)Nc1ccc2scnc2c1[N+](=O)[O-]. The van der Waals surface area contributed by atoms with Crippen LogP contribution in [0, 0.1) is 10.1 Å². The van der Waals surface area contributed by atoms with Crippen LogP contribution < -0.4 is 5.32 Å². The molecule has 2 N–H and O–H groups in total. The van der Waals surface area contributed by atoms with E-state index in [0.29, 0.717) is 17.6 Å². The standard InChI is InChI=1S/C13H15N3O4S/c1-13(2,6-5-10(17)18)15-8-3-4-9-11(14-7-21-9)12(8)16(19)20/h3-4,7,15H,5-6H2,1-2H3,(H,17,18). The van der Waals surface area contributed by atoms with Gasteiger partial charge in [-0.25, -0.2) is 4.98 Å². The largest absolute Gasteiger partial charge is 0.481 e. The van der Waals surface area contributed by atoms with Gasteiger partial charge in [-0.3, -0.25) is 14.9 Å². The molecule has 0 fully saturated rings. The summed E-state index contributed by atoms with van der Waals surface area (Å²) in [5.41, 5.74) is 1.62. The molecule has 0 spiro atoms. The Morgan fingerprint density at radius 2 is 2.24 bits per heavy atom. The number of carbonyl (C=O) groups is 1. The summed E-state index contributed by atoms with van der Waals surface area (Å²) in [6.07, 6.45) is 0.349. The maximum atomic E-state index is 11.3. The van der Waals surface area contributed by atoms with Gasteiger partial charge in [0.05, 0.1) is 15.1 Å². The molecule has 21 heavy (non-hydrogen) atoms. The van der Waals surface area contributed by atoms with E-state index in [1.165, 1.54) is 11.3 Å². The van der Waals surface area contributed by atoms with Gasteiger partial charge in [0.1, 0.15) is 5.69 Å². The first kappa shape index (κ1) is 15.2. The Kier molecular flexibility index (Phi) is 4.08. The molecule has 8 heteroatoms. The Morgan fingerprint density at radius 3 is 2.86 bits per heavy atom. The highest BCUT2D eigenvalue weighted by molar-refractivity contribution is 7.16. The average molecular weight is 309 g/mol. The quantitative estimate of drug-likeness (QED) is 0.626. The minimum atomic E-state index is -0.894. The summed E-state index contributed by atoms with van der Waals surface area (Å²) in [4.78, 5) is 25.6. The molecule has 1 heterocycles. The number of thiazole rings is 1. The number of fused-ring (bicyclic) bond motifs is 1. The van der Waals surface area contributed by atoms with E-state index in [1.54, 1.807) is 17.6 Å². The number of carboxylic acids is 1. The van der Waals surface area contributed by atoms with Crippen LogP contribution in [0.5, 0.6) is 0 Å². The van der Waals surface area contributed by atoms with E-state index in [9.17, 15) is 14.9 Å². The van der Waals surface area contributed by atoms with Crippen LogP contribution in [0.4, 0.5) is 11.4 Å². The molecule has 0 aliphatic carbocycles. The van der Waals surface area contributed by atoms with Crippen molar-refractivity contribution in [3.63, 3.8) is 0 Å². The third-order valence-corrected chi connectivity index (χ3v) is 3.89. The molecule has 0 saturated carbocycles. The number of aromatic nitrogens is 1. The van der Waals surface area contributed by atoms with Gasteiger partial charge < -0.3 is 10.4 Å². The number of nitrogens with one attached hydrogen (secondary N) is 1. The fourth-order valence-corrected chi connectivity index (χ4v) is 2.73. The summed E-state index contributed by atoms with van der Waals surface area (Å²) in [7, 11) is 0. The number of aliphatic carboxylic acids is 1.